The van der Waals surface area contributed by atoms with Crippen molar-refractivity contribution in [2.45, 2.75) is 10.6 Å². The van der Waals surface area contributed by atoms with Crippen molar-refractivity contribution in [1.29, 1.82) is 0 Å². The highest BCUT2D eigenvalue weighted by molar-refractivity contribution is 7.92. The van der Waals surface area contributed by atoms with Crippen LogP contribution in [0.15, 0.2) is 59.6 Å². The minimum absolute atomic E-state index is 0.0317. The van der Waals surface area contributed by atoms with Crippen LogP contribution in [-0.4, -0.2) is 21.8 Å². The second kappa shape index (κ2) is 5.93. The number of nitrogens with one attached hydrogen (secondary N) is 2. The number of aromatic nitrogens is 1. The molecule has 126 valence electrons. The monoisotopic (exact) mass is 365 g/mol. The lowest BCUT2D eigenvalue weighted by Gasteiger charge is -2.09. The number of sulfonamides is 2. The molecule has 0 aliphatic rings. The fourth-order valence-electron chi connectivity index (χ4n) is 2.37. The van der Waals surface area contributed by atoms with Gasteiger partial charge in [0, 0.05) is 11.6 Å². The largest absolute Gasteiger partial charge is 0.359 e. The van der Waals surface area contributed by atoms with Crippen molar-refractivity contribution in [2.24, 2.45) is 5.14 Å². The van der Waals surface area contributed by atoms with Crippen LogP contribution < -0.4 is 9.86 Å². The van der Waals surface area contributed by atoms with Crippen LogP contribution in [0.4, 0.5) is 5.69 Å². The Balaban J connectivity index is 1.89. The molecule has 0 unspecified atom stereocenters. The third-order valence-corrected chi connectivity index (χ3v) is 5.55. The Hall–Kier alpha value is -2.36. The number of rotatable bonds is 5. The Morgan fingerprint density at radius 1 is 0.958 bits per heavy atom. The first-order valence-electron chi connectivity index (χ1n) is 6.93. The van der Waals surface area contributed by atoms with Gasteiger partial charge < -0.3 is 4.98 Å². The van der Waals surface area contributed by atoms with Gasteiger partial charge >= 0.3 is 0 Å². The van der Waals surface area contributed by atoms with Gasteiger partial charge in [-0.3, -0.25) is 4.72 Å². The number of hydrogen-bond donors (Lipinski definition) is 3. The number of anilines is 1. The van der Waals surface area contributed by atoms with Crippen LogP contribution >= 0.6 is 0 Å². The first kappa shape index (κ1) is 16.5. The molecule has 9 heteroatoms. The summed E-state index contributed by atoms with van der Waals surface area (Å²) in [4.78, 5) is 3.02. The first-order valence-corrected chi connectivity index (χ1v) is 10.1. The van der Waals surface area contributed by atoms with Gasteiger partial charge in [0.05, 0.1) is 21.9 Å². The van der Waals surface area contributed by atoms with Gasteiger partial charge in [0.2, 0.25) is 10.0 Å². The Bertz CT molecular complexity index is 1090. The van der Waals surface area contributed by atoms with Crippen molar-refractivity contribution >= 4 is 36.6 Å². The number of benzene rings is 2. The lowest BCUT2D eigenvalue weighted by molar-refractivity contribution is 0.597. The summed E-state index contributed by atoms with van der Waals surface area (Å²) in [6.45, 7) is 0. The maximum absolute atomic E-state index is 12.5. The van der Waals surface area contributed by atoms with Crippen molar-refractivity contribution in [3.05, 3.63) is 60.3 Å². The first-order chi connectivity index (χ1) is 11.2. The van der Waals surface area contributed by atoms with Crippen LogP contribution in [0.1, 0.15) is 5.56 Å². The highest BCUT2D eigenvalue weighted by Gasteiger charge is 2.16. The van der Waals surface area contributed by atoms with Gasteiger partial charge in [-0.15, -0.1) is 0 Å². The van der Waals surface area contributed by atoms with Crippen molar-refractivity contribution < 1.29 is 16.8 Å². The van der Waals surface area contributed by atoms with E-state index in [0.717, 1.165) is 5.39 Å². The molecule has 0 atom stereocenters. The van der Waals surface area contributed by atoms with Gasteiger partial charge in [0.1, 0.15) is 0 Å². The molecule has 1 aromatic heterocycles. The summed E-state index contributed by atoms with van der Waals surface area (Å²) in [5.74, 6) is -0.345. The molecule has 0 aliphatic heterocycles. The Labute approximate surface area is 139 Å². The average molecular weight is 365 g/mol. The van der Waals surface area contributed by atoms with E-state index in [1.165, 1.54) is 24.3 Å². The van der Waals surface area contributed by atoms with Gasteiger partial charge in [0.15, 0.2) is 0 Å². The molecule has 1 heterocycles. The zero-order valence-corrected chi connectivity index (χ0v) is 14.1. The van der Waals surface area contributed by atoms with E-state index in [2.05, 4.69) is 9.71 Å². The van der Waals surface area contributed by atoms with Crippen molar-refractivity contribution in [2.75, 3.05) is 4.72 Å². The van der Waals surface area contributed by atoms with E-state index in [-0.39, 0.29) is 10.6 Å². The topological polar surface area (TPSA) is 122 Å². The molecule has 24 heavy (non-hydrogen) atoms. The lowest BCUT2D eigenvalue weighted by Crippen LogP contribution is -2.15. The molecule has 0 spiro atoms. The van der Waals surface area contributed by atoms with Crippen LogP contribution in [0, 0.1) is 0 Å². The Morgan fingerprint density at radius 2 is 1.67 bits per heavy atom. The van der Waals surface area contributed by atoms with Gasteiger partial charge in [0.25, 0.3) is 10.0 Å². The molecule has 7 nitrogen and oxygen atoms in total. The minimum atomic E-state index is -3.79. The SMILES string of the molecule is NS(=O)(=O)Cc1ccc(S(=O)(=O)Nc2cccc3cc[nH]c23)cc1. The molecule has 3 aromatic rings. The number of H-pyrrole nitrogens is 1. The maximum Gasteiger partial charge on any atom is 0.261 e. The minimum Gasteiger partial charge on any atom is -0.359 e. The number of para-hydroxylation sites is 1. The zero-order valence-electron chi connectivity index (χ0n) is 12.4. The molecule has 3 rings (SSSR count). The maximum atomic E-state index is 12.5. The van der Waals surface area contributed by atoms with Crippen LogP contribution in [-0.2, 0) is 25.8 Å². The predicted octanol–water partition coefficient (Wildman–Crippen LogP) is 1.76. The van der Waals surface area contributed by atoms with Gasteiger partial charge in [-0.2, -0.15) is 0 Å². The van der Waals surface area contributed by atoms with Crippen LogP contribution in [0.2, 0.25) is 0 Å². The van der Waals surface area contributed by atoms with Crippen molar-refractivity contribution in [1.82, 2.24) is 4.98 Å². The smallest absolute Gasteiger partial charge is 0.261 e. The second-order valence-electron chi connectivity index (χ2n) is 5.30. The van der Waals surface area contributed by atoms with Crippen molar-refractivity contribution in [3.63, 3.8) is 0 Å². The highest BCUT2D eigenvalue weighted by atomic mass is 32.2. The highest BCUT2D eigenvalue weighted by Crippen LogP contribution is 2.24. The van der Waals surface area contributed by atoms with Gasteiger partial charge in [-0.25, -0.2) is 22.0 Å². The normalized spacial score (nSPS) is 12.4. The molecule has 0 saturated carbocycles. The summed E-state index contributed by atoms with van der Waals surface area (Å²) in [5, 5.41) is 5.86. The van der Waals surface area contributed by atoms with E-state index < -0.39 is 20.0 Å². The third kappa shape index (κ3) is 3.58. The summed E-state index contributed by atoms with van der Waals surface area (Å²) in [6, 6.07) is 12.7. The van der Waals surface area contributed by atoms with E-state index in [0.29, 0.717) is 16.8 Å². The Morgan fingerprint density at radius 3 is 2.33 bits per heavy atom. The summed E-state index contributed by atoms with van der Waals surface area (Å²) in [5.41, 5.74) is 1.54. The van der Waals surface area contributed by atoms with E-state index >= 15 is 0 Å². The number of fused-ring (bicyclic) bond motifs is 1. The van der Waals surface area contributed by atoms with Crippen LogP contribution in [0.5, 0.6) is 0 Å². The molecular formula is C15H15N3O4S2. The zero-order chi connectivity index (χ0) is 17.4. The molecule has 4 N–H and O–H groups in total. The summed E-state index contributed by atoms with van der Waals surface area (Å²) in [6.07, 6.45) is 1.73. The molecule has 0 aliphatic carbocycles. The van der Waals surface area contributed by atoms with E-state index in [1.54, 1.807) is 18.3 Å². The molecule has 0 bridgehead atoms. The predicted molar refractivity (Wildman–Crippen MR) is 92.4 cm³/mol. The second-order valence-corrected chi connectivity index (χ2v) is 8.60. The average Bonchev–Trinajstić information content (AvgIpc) is 2.95. The summed E-state index contributed by atoms with van der Waals surface area (Å²) < 4.78 is 49.7. The molecular weight excluding hydrogens is 350 g/mol. The Kier molecular flexibility index (Phi) is 4.08. The number of aromatic amines is 1. The number of primary sulfonamides is 1. The van der Waals surface area contributed by atoms with Crippen LogP contribution in [0.25, 0.3) is 10.9 Å². The molecule has 2 aromatic carbocycles. The molecule has 0 fully saturated rings. The van der Waals surface area contributed by atoms with E-state index in [9.17, 15) is 16.8 Å². The lowest BCUT2D eigenvalue weighted by atomic mass is 10.2. The fourth-order valence-corrected chi connectivity index (χ4v) is 4.10. The number of nitrogens with two attached hydrogens (primary N) is 1. The molecule has 0 radical (unpaired) electrons. The third-order valence-electron chi connectivity index (χ3n) is 3.43. The van der Waals surface area contributed by atoms with Gasteiger partial charge in [-0.1, -0.05) is 24.3 Å². The molecule has 0 amide bonds. The van der Waals surface area contributed by atoms with E-state index in [4.69, 9.17) is 5.14 Å². The quantitative estimate of drug-likeness (QED) is 0.637. The fraction of sp³-hybridized carbons (Fsp3) is 0.0667. The van der Waals surface area contributed by atoms with E-state index in [1.807, 2.05) is 12.1 Å². The summed E-state index contributed by atoms with van der Waals surface area (Å²) >= 11 is 0. The van der Waals surface area contributed by atoms with Crippen molar-refractivity contribution in [3.8, 4) is 0 Å². The van der Waals surface area contributed by atoms with Gasteiger partial charge in [-0.05, 0) is 29.8 Å². The van der Waals surface area contributed by atoms with Crippen LogP contribution in [0.3, 0.4) is 0 Å². The number of hydrogen-bond acceptors (Lipinski definition) is 4. The summed E-state index contributed by atoms with van der Waals surface area (Å²) in [7, 11) is -7.45. The standard InChI is InChI=1S/C15H15N3O4S2/c16-23(19,20)10-11-4-6-13(7-5-11)24(21,22)18-14-3-1-2-12-8-9-17-15(12)14/h1-9,17-18H,10H2,(H2,16,19,20). The molecule has 0 saturated heterocycles.